The molecule has 2 rings (SSSR count). The average molecular weight is 364 g/mol. The van der Waals surface area contributed by atoms with Crippen LogP contribution in [0.15, 0.2) is 30.9 Å². The maximum absolute atomic E-state index is 10.7. The van der Waals surface area contributed by atoms with E-state index in [-0.39, 0.29) is 0 Å². The van der Waals surface area contributed by atoms with E-state index in [4.69, 9.17) is 0 Å². The van der Waals surface area contributed by atoms with Crippen LogP contribution in [0.1, 0.15) is 25.6 Å². The number of imidazole rings is 1. The van der Waals surface area contributed by atoms with Gasteiger partial charge in [0.1, 0.15) is 12.4 Å². The molecule has 0 aliphatic heterocycles. The van der Waals surface area contributed by atoms with Gasteiger partial charge in [-0.15, -0.1) is 0 Å². The van der Waals surface area contributed by atoms with Crippen molar-refractivity contribution in [1.29, 1.82) is 0 Å². The second kappa shape index (κ2) is 6.14. The van der Waals surface area contributed by atoms with Crippen molar-refractivity contribution in [3.05, 3.63) is 36.7 Å². The van der Waals surface area contributed by atoms with Gasteiger partial charge in [0.25, 0.3) is 5.82 Å². The van der Waals surface area contributed by atoms with Crippen LogP contribution in [0.4, 0.5) is 25.2 Å². The van der Waals surface area contributed by atoms with E-state index in [1.165, 1.54) is 18.7 Å². The molecule has 2 aromatic rings. The second-order valence-electron chi connectivity index (χ2n) is 5.01. The van der Waals surface area contributed by atoms with Gasteiger partial charge in [-0.05, 0) is 12.5 Å². The Labute approximate surface area is 129 Å². The van der Waals surface area contributed by atoms with E-state index >= 15 is 0 Å². The van der Waals surface area contributed by atoms with Crippen LogP contribution in [0, 0.1) is 6.92 Å². The third-order valence-electron chi connectivity index (χ3n) is 2.87. The maximum atomic E-state index is 9.87. The van der Waals surface area contributed by atoms with Gasteiger partial charge in [-0.1, -0.05) is 13.3 Å². The van der Waals surface area contributed by atoms with Gasteiger partial charge in [0.15, 0.2) is 6.67 Å². The molecule has 0 spiro atoms. The Morgan fingerprint density at radius 3 is 2.22 bits per heavy atom. The molecule has 2 heterocycles. The summed E-state index contributed by atoms with van der Waals surface area (Å²) in [6.07, 6.45) is 10.5. The fourth-order valence-corrected chi connectivity index (χ4v) is 1.80. The molecule has 11 heteroatoms. The minimum atomic E-state index is -10.7. The van der Waals surface area contributed by atoms with E-state index in [0.717, 1.165) is 13.2 Å². The summed E-state index contributed by atoms with van der Waals surface area (Å²) in [5.41, 5.74) is 0. The Balaban J connectivity index is 0.000000322. The summed E-state index contributed by atoms with van der Waals surface area (Å²) >= 11 is 0. The van der Waals surface area contributed by atoms with Gasteiger partial charge >= 0.3 is 33.0 Å². The SMILES string of the molecule is CCCCn1cc[n+](Cn2cccn2)c1C.F[P-](F)(F)(F)(F)F. The van der Waals surface area contributed by atoms with Crippen molar-refractivity contribution in [2.45, 2.75) is 39.9 Å². The van der Waals surface area contributed by atoms with Crippen LogP contribution in [0.3, 0.4) is 0 Å². The van der Waals surface area contributed by atoms with Crippen LogP contribution < -0.4 is 4.57 Å². The molecular formula is C12H19F6N4P. The summed E-state index contributed by atoms with van der Waals surface area (Å²) in [7, 11) is -10.7. The Morgan fingerprint density at radius 2 is 1.74 bits per heavy atom. The van der Waals surface area contributed by atoms with Gasteiger partial charge in [0.2, 0.25) is 0 Å². The number of hydrogen-bond acceptors (Lipinski definition) is 1. The number of aromatic nitrogens is 4. The number of rotatable bonds is 5. The molecule has 23 heavy (non-hydrogen) atoms. The fraction of sp³-hybridized carbons (Fsp3) is 0.500. The molecule has 2 aromatic heterocycles. The predicted molar refractivity (Wildman–Crippen MR) is 75.5 cm³/mol. The molecule has 0 aromatic carbocycles. The topological polar surface area (TPSA) is 26.6 Å². The summed E-state index contributed by atoms with van der Waals surface area (Å²) < 4.78 is 65.6. The summed E-state index contributed by atoms with van der Waals surface area (Å²) in [5, 5.41) is 4.21. The Kier molecular flexibility index (Phi) is 5.20. The zero-order chi connectivity index (χ0) is 17.8. The summed E-state index contributed by atoms with van der Waals surface area (Å²) in [4.78, 5) is 0. The number of hydrogen-bond donors (Lipinski definition) is 0. The van der Waals surface area contributed by atoms with Crippen molar-refractivity contribution in [2.24, 2.45) is 0 Å². The van der Waals surface area contributed by atoms with E-state index in [0.29, 0.717) is 0 Å². The molecule has 0 unspecified atom stereocenters. The fourth-order valence-electron chi connectivity index (χ4n) is 1.80. The molecule has 0 saturated heterocycles. The van der Waals surface area contributed by atoms with E-state index < -0.39 is 7.81 Å². The third-order valence-corrected chi connectivity index (χ3v) is 2.87. The molecule has 134 valence electrons. The van der Waals surface area contributed by atoms with Crippen LogP contribution in [-0.2, 0) is 13.2 Å². The molecule has 0 saturated carbocycles. The summed E-state index contributed by atoms with van der Waals surface area (Å²) in [5.74, 6) is 1.28. The first kappa shape index (κ1) is 19.5. The molecule has 0 N–H and O–H groups in total. The van der Waals surface area contributed by atoms with Gasteiger partial charge in [-0.2, -0.15) is 5.10 Å². The molecule has 0 aliphatic rings. The zero-order valence-corrected chi connectivity index (χ0v) is 13.6. The van der Waals surface area contributed by atoms with E-state index in [9.17, 15) is 25.2 Å². The Morgan fingerprint density at radius 1 is 1.13 bits per heavy atom. The van der Waals surface area contributed by atoms with Crippen molar-refractivity contribution >= 4 is 7.81 Å². The van der Waals surface area contributed by atoms with Crippen molar-refractivity contribution in [2.75, 3.05) is 0 Å². The monoisotopic (exact) mass is 364 g/mol. The molecule has 0 atom stereocenters. The number of halogens is 6. The van der Waals surface area contributed by atoms with Crippen LogP contribution in [0.2, 0.25) is 0 Å². The van der Waals surface area contributed by atoms with Crippen LogP contribution in [0.5, 0.6) is 0 Å². The first-order valence-corrected chi connectivity index (χ1v) is 8.88. The molecule has 0 aliphatic carbocycles. The van der Waals surface area contributed by atoms with Crippen LogP contribution in [0.25, 0.3) is 0 Å². The van der Waals surface area contributed by atoms with Crippen molar-refractivity contribution in [1.82, 2.24) is 14.3 Å². The molecule has 0 radical (unpaired) electrons. The molecule has 4 nitrogen and oxygen atoms in total. The molecule has 0 amide bonds. The quantitative estimate of drug-likeness (QED) is 0.418. The van der Waals surface area contributed by atoms with Gasteiger partial charge in [0, 0.05) is 19.3 Å². The third kappa shape index (κ3) is 9.93. The summed E-state index contributed by atoms with van der Waals surface area (Å²) in [6.45, 7) is 6.27. The van der Waals surface area contributed by atoms with E-state index in [1.54, 1.807) is 0 Å². The van der Waals surface area contributed by atoms with Crippen molar-refractivity contribution in [3.8, 4) is 0 Å². The predicted octanol–water partition coefficient (Wildman–Crippen LogP) is 4.97. The van der Waals surface area contributed by atoms with Crippen LogP contribution >= 0.6 is 7.81 Å². The average Bonchev–Trinajstić information content (AvgIpc) is 2.96. The summed E-state index contributed by atoms with van der Waals surface area (Å²) in [6, 6.07) is 1.95. The molecular weight excluding hydrogens is 345 g/mol. The van der Waals surface area contributed by atoms with Crippen molar-refractivity contribution in [3.63, 3.8) is 0 Å². The number of unbranched alkanes of at least 4 members (excludes halogenated alkanes) is 1. The van der Waals surface area contributed by atoms with Gasteiger partial charge in [-0.3, -0.25) is 0 Å². The number of nitrogens with zero attached hydrogens (tertiary/aromatic N) is 4. The molecule has 0 fully saturated rings. The first-order chi connectivity index (χ1) is 10.3. The Bertz CT molecular complexity index is 606. The first-order valence-electron chi connectivity index (χ1n) is 6.85. The van der Waals surface area contributed by atoms with Gasteiger partial charge < -0.3 is 0 Å². The Hall–Kier alpha value is -1.57. The standard InChI is InChI=1S/C12H19N4.F6P/c1-3-4-7-14-9-10-15(12(14)2)11-16-8-5-6-13-16;1-7(2,3,4,5)6/h5-6,8-10H,3-4,7,11H2,1-2H3;/q+1;-1. The van der Waals surface area contributed by atoms with Crippen LogP contribution in [-0.4, -0.2) is 14.3 Å². The van der Waals surface area contributed by atoms with Crippen molar-refractivity contribution < 1.29 is 29.7 Å². The number of aryl methyl sites for hydroxylation is 1. The second-order valence-corrected chi connectivity index (χ2v) is 6.92. The van der Waals surface area contributed by atoms with E-state index in [2.05, 4.69) is 40.5 Å². The normalized spacial score (nSPS) is 14.6. The van der Waals surface area contributed by atoms with Gasteiger partial charge in [-0.25, -0.2) is 13.8 Å². The minimum absolute atomic E-state index is 0.790. The van der Waals surface area contributed by atoms with E-state index in [1.807, 2.05) is 23.1 Å². The molecule has 0 bridgehead atoms. The zero-order valence-electron chi connectivity index (χ0n) is 12.7. The van der Waals surface area contributed by atoms with Gasteiger partial charge in [0.05, 0.1) is 6.54 Å².